The molecule has 0 aromatic heterocycles. The Morgan fingerprint density at radius 2 is 1.96 bits per heavy atom. The number of hydrogen-bond donors (Lipinski definition) is 2. The third kappa shape index (κ3) is 5.21. The Kier molecular flexibility index (Phi) is 6.63. The van der Waals surface area contributed by atoms with Gasteiger partial charge in [-0.05, 0) is 29.5 Å². The van der Waals surface area contributed by atoms with Gasteiger partial charge in [0, 0.05) is 37.6 Å². The first-order chi connectivity index (χ1) is 11.4. The van der Waals surface area contributed by atoms with Crippen molar-refractivity contribution in [2.45, 2.75) is 26.8 Å². The Bertz CT molecular complexity index is 574. The van der Waals surface area contributed by atoms with E-state index in [1.807, 2.05) is 12.1 Å². The van der Waals surface area contributed by atoms with Crippen LogP contribution in [-0.2, 0) is 16.1 Å². The molecule has 1 saturated heterocycles. The SMILES string of the molecule is CC(C)[C@@H]1CN(CCC(=O)NCc2ccc(Cl)cc2)C[C@H]1C(=O)O. The number of hydrogen-bond acceptors (Lipinski definition) is 3. The number of benzene rings is 1. The Balaban J connectivity index is 1.75. The van der Waals surface area contributed by atoms with Crippen LogP contribution in [0.2, 0.25) is 5.02 Å². The monoisotopic (exact) mass is 352 g/mol. The molecule has 1 aromatic rings. The highest BCUT2D eigenvalue weighted by Gasteiger charge is 2.38. The first kappa shape index (κ1) is 18.7. The fourth-order valence-corrected chi connectivity index (χ4v) is 3.31. The zero-order valence-corrected chi connectivity index (χ0v) is 14.9. The minimum Gasteiger partial charge on any atom is -0.481 e. The Hall–Kier alpha value is -1.59. The molecular weight excluding hydrogens is 328 g/mol. The van der Waals surface area contributed by atoms with Gasteiger partial charge < -0.3 is 15.3 Å². The normalized spacial score (nSPS) is 21.2. The summed E-state index contributed by atoms with van der Waals surface area (Å²) in [5.41, 5.74) is 1.000. The standard InChI is InChI=1S/C18H25ClN2O3/c1-12(2)15-10-21(11-16(15)18(23)24)8-7-17(22)20-9-13-3-5-14(19)6-4-13/h3-6,12,15-16H,7-11H2,1-2H3,(H,20,22)(H,23,24)/t15-,16+/m0/s1. The Morgan fingerprint density at radius 1 is 1.29 bits per heavy atom. The van der Waals surface area contributed by atoms with Gasteiger partial charge in [-0.1, -0.05) is 37.6 Å². The van der Waals surface area contributed by atoms with Crippen LogP contribution >= 0.6 is 11.6 Å². The van der Waals surface area contributed by atoms with Crippen LogP contribution in [0.25, 0.3) is 0 Å². The largest absolute Gasteiger partial charge is 0.481 e. The quantitative estimate of drug-likeness (QED) is 0.791. The molecule has 2 N–H and O–H groups in total. The summed E-state index contributed by atoms with van der Waals surface area (Å²) in [5, 5.41) is 12.9. The van der Waals surface area contributed by atoms with Crippen molar-refractivity contribution in [3.8, 4) is 0 Å². The lowest BCUT2D eigenvalue weighted by atomic mass is 9.86. The van der Waals surface area contributed by atoms with Gasteiger partial charge >= 0.3 is 5.97 Å². The van der Waals surface area contributed by atoms with Crippen LogP contribution in [0.1, 0.15) is 25.8 Å². The van der Waals surface area contributed by atoms with Crippen molar-refractivity contribution in [2.75, 3.05) is 19.6 Å². The maximum absolute atomic E-state index is 12.0. The summed E-state index contributed by atoms with van der Waals surface area (Å²) in [5.74, 6) is -0.607. The average Bonchev–Trinajstić information content (AvgIpc) is 2.97. The summed E-state index contributed by atoms with van der Waals surface area (Å²) in [4.78, 5) is 25.4. The number of carbonyl (C=O) groups is 2. The number of amides is 1. The van der Waals surface area contributed by atoms with E-state index >= 15 is 0 Å². The third-order valence-corrected chi connectivity index (χ3v) is 4.92. The second-order valence-corrected chi connectivity index (χ2v) is 7.20. The van der Waals surface area contributed by atoms with E-state index in [4.69, 9.17) is 11.6 Å². The lowest BCUT2D eigenvalue weighted by molar-refractivity contribution is -0.143. The highest BCUT2D eigenvalue weighted by molar-refractivity contribution is 6.30. The lowest BCUT2D eigenvalue weighted by Gasteiger charge is -2.18. The number of nitrogens with one attached hydrogen (secondary N) is 1. The molecular formula is C18H25ClN2O3. The molecule has 1 aliphatic rings. The van der Waals surface area contributed by atoms with Gasteiger partial charge in [0.15, 0.2) is 0 Å². The van der Waals surface area contributed by atoms with Crippen LogP contribution < -0.4 is 5.32 Å². The molecule has 1 fully saturated rings. The van der Waals surface area contributed by atoms with Gasteiger partial charge in [-0.3, -0.25) is 9.59 Å². The Morgan fingerprint density at radius 3 is 2.50 bits per heavy atom. The Labute approximate surface area is 148 Å². The van der Waals surface area contributed by atoms with Crippen LogP contribution in [-0.4, -0.2) is 41.5 Å². The average molecular weight is 353 g/mol. The van der Waals surface area contributed by atoms with Crippen molar-refractivity contribution in [2.24, 2.45) is 17.8 Å². The lowest BCUT2D eigenvalue weighted by Crippen LogP contribution is -2.30. The van der Waals surface area contributed by atoms with Crippen molar-refractivity contribution >= 4 is 23.5 Å². The van der Waals surface area contributed by atoms with Crippen molar-refractivity contribution in [3.63, 3.8) is 0 Å². The molecule has 1 heterocycles. The van der Waals surface area contributed by atoms with E-state index in [9.17, 15) is 14.7 Å². The van der Waals surface area contributed by atoms with Crippen molar-refractivity contribution in [3.05, 3.63) is 34.9 Å². The minimum atomic E-state index is -0.733. The highest BCUT2D eigenvalue weighted by atomic mass is 35.5. The number of nitrogens with zero attached hydrogens (tertiary/aromatic N) is 1. The number of carboxylic acids is 1. The molecule has 1 amide bonds. The molecule has 1 aliphatic heterocycles. The first-order valence-electron chi connectivity index (χ1n) is 8.33. The van der Waals surface area contributed by atoms with E-state index in [-0.39, 0.29) is 17.7 Å². The first-order valence-corrected chi connectivity index (χ1v) is 8.71. The van der Waals surface area contributed by atoms with E-state index in [1.165, 1.54) is 0 Å². The smallest absolute Gasteiger partial charge is 0.308 e. The van der Waals surface area contributed by atoms with Crippen molar-refractivity contribution in [1.82, 2.24) is 10.2 Å². The number of halogens is 1. The molecule has 0 unspecified atom stereocenters. The maximum Gasteiger partial charge on any atom is 0.308 e. The number of carboxylic acid groups (broad SMARTS) is 1. The zero-order chi connectivity index (χ0) is 17.7. The minimum absolute atomic E-state index is 0.0233. The highest BCUT2D eigenvalue weighted by Crippen LogP contribution is 2.29. The summed E-state index contributed by atoms with van der Waals surface area (Å²) >= 11 is 5.83. The summed E-state index contributed by atoms with van der Waals surface area (Å²) in [7, 11) is 0. The van der Waals surface area contributed by atoms with E-state index in [0.29, 0.717) is 37.0 Å². The molecule has 132 valence electrons. The molecule has 24 heavy (non-hydrogen) atoms. The summed E-state index contributed by atoms with van der Waals surface area (Å²) in [6.45, 7) is 6.47. The second-order valence-electron chi connectivity index (χ2n) is 6.77. The summed E-state index contributed by atoms with van der Waals surface area (Å²) < 4.78 is 0. The molecule has 0 spiro atoms. The van der Waals surface area contributed by atoms with Gasteiger partial charge in [-0.2, -0.15) is 0 Å². The molecule has 2 rings (SSSR count). The molecule has 6 heteroatoms. The predicted octanol–water partition coefficient (Wildman–Crippen LogP) is 2.63. The molecule has 0 bridgehead atoms. The second kappa shape index (κ2) is 8.49. The number of likely N-dealkylation sites (tertiary alicyclic amines) is 1. The summed E-state index contributed by atoms with van der Waals surface area (Å²) in [6, 6.07) is 7.36. The maximum atomic E-state index is 12.0. The van der Waals surface area contributed by atoms with Crippen LogP contribution in [0.5, 0.6) is 0 Å². The third-order valence-electron chi connectivity index (χ3n) is 4.67. The van der Waals surface area contributed by atoms with Crippen LogP contribution in [0, 0.1) is 17.8 Å². The van der Waals surface area contributed by atoms with Gasteiger partial charge in [-0.25, -0.2) is 0 Å². The van der Waals surface area contributed by atoms with Gasteiger partial charge in [-0.15, -0.1) is 0 Å². The van der Waals surface area contributed by atoms with Gasteiger partial charge in [0.05, 0.1) is 5.92 Å². The van der Waals surface area contributed by atoms with Crippen molar-refractivity contribution < 1.29 is 14.7 Å². The van der Waals surface area contributed by atoms with E-state index < -0.39 is 5.97 Å². The molecule has 0 aliphatic carbocycles. The summed E-state index contributed by atoms with van der Waals surface area (Å²) in [6.07, 6.45) is 0.380. The van der Waals surface area contributed by atoms with Crippen LogP contribution in [0.15, 0.2) is 24.3 Å². The number of aliphatic carboxylic acids is 1. The van der Waals surface area contributed by atoms with Gasteiger partial charge in [0.1, 0.15) is 0 Å². The van der Waals surface area contributed by atoms with E-state index in [2.05, 4.69) is 24.1 Å². The van der Waals surface area contributed by atoms with E-state index in [0.717, 1.165) is 12.1 Å². The molecule has 0 radical (unpaired) electrons. The predicted molar refractivity (Wildman–Crippen MR) is 93.8 cm³/mol. The van der Waals surface area contributed by atoms with E-state index in [1.54, 1.807) is 12.1 Å². The molecule has 2 atom stereocenters. The van der Waals surface area contributed by atoms with Gasteiger partial charge in [0.2, 0.25) is 5.91 Å². The topological polar surface area (TPSA) is 69.6 Å². The molecule has 5 nitrogen and oxygen atoms in total. The molecule has 1 aromatic carbocycles. The van der Waals surface area contributed by atoms with Crippen LogP contribution in [0.3, 0.4) is 0 Å². The molecule has 0 saturated carbocycles. The fourth-order valence-electron chi connectivity index (χ4n) is 3.18. The zero-order valence-electron chi connectivity index (χ0n) is 14.2. The number of rotatable bonds is 7. The number of carbonyl (C=O) groups excluding carboxylic acids is 1. The van der Waals surface area contributed by atoms with Gasteiger partial charge in [0.25, 0.3) is 0 Å². The van der Waals surface area contributed by atoms with Crippen LogP contribution in [0.4, 0.5) is 0 Å². The van der Waals surface area contributed by atoms with Crippen molar-refractivity contribution in [1.29, 1.82) is 0 Å². The fraction of sp³-hybridized carbons (Fsp3) is 0.556.